The topological polar surface area (TPSA) is 254 Å². The Kier molecular flexibility index (Phi) is 28.2. The lowest BCUT2D eigenvalue weighted by atomic mass is 10.1. The predicted octanol–water partition coefficient (Wildman–Crippen LogP) is 11.9. The van der Waals surface area contributed by atoms with Crippen LogP contribution in [-0.2, 0) is 48.4 Å². The van der Waals surface area contributed by atoms with E-state index in [4.69, 9.17) is 25.6 Å². The molecule has 6 rings (SSSR count). The summed E-state index contributed by atoms with van der Waals surface area (Å²) < 4.78 is 94.1. The van der Waals surface area contributed by atoms with Gasteiger partial charge in [-0.3, -0.25) is 15.1 Å². The lowest BCUT2D eigenvalue weighted by molar-refractivity contribution is -0.141. The van der Waals surface area contributed by atoms with Crippen LogP contribution in [0.1, 0.15) is 65.5 Å². The maximum absolute atomic E-state index is 13.8. The highest BCUT2D eigenvalue weighted by molar-refractivity contribution is 6.76. The molecule has 0 spiro atoms. The summed E-state index contributed by atoms with van der Waals surface area (Å²) in [5, 5.41) is 29.8. The van der Waals surface area contributed by atoms with Gasteiger partial charge >= 0.3 is 12.4 Å². The number of H-pyrrole nitrogens is 2. The van der Waals surface area contributed by atoms with E-state index in [1.54, 1.807) is 48.7 Å². The van der Waals surface area contributed by atoms with E-state index in [9.17, 15) is 26.3 Å². The first-order valence-electron chi connectivity index (χ1n) is 24.0. The average molecular weight is 1130 g/mol. The van der Waals surface area contributed by atoms with Crippen molar-refractivity contribution in [2.75, 3.05) is 32.9 Å². The van der Waals surface area contributed by atoms with Crippen molar-refractivity contribution in [2.24, 2.45) is 10.4 Å². The number of nitrogens with zero attached hydrogens (tertiary/aromatic N) is 10. The summed E-state index contributed by atoms with van der Waals surface area (Å²) in [7, 11) is -2.64. The average Bonchev–Trinajstić information content (AvgIpc) is 4.19. The number of aromatic nitrogens is 10. The van der Waals surface area contributed by atoms with Crippen LogP contribution in [0.3, 0.4) is 0 Å². The molecule has 6 heterocycles. The molecule has 0 saturated carbocycles. The van der Waals surface area contributed by atoms with Crippen molar-refractivity contribution in [3.8, 4) is 23.0 Å². The molecule has 6 aromatic heterocycles. The highest BCUT2D eigenvalue weighted by atomic mass is 35.5. The van der Waals surface area contributed by atoms with Crippen molar-refractivity contribution in [3.63, 3.8) is 0 Å². The zero-order chi connectivity index (χ0) is 55.7. The Morgan fingerprint density at radius 3 is 1.72 bits per heavy atom. The minimum atomic E-state index is -4.60. The molecule has 0 atom stereocenters. The number of alkyl halides is 6. The number of hydrogen-bond donors (Lipinski definition) is 7. The highest BCUT2D eigenvalue weighted by Crippen LogP contribution is 2.33. The predicted molar refractivity (Wildman–Crippen MR) is 289 cm³/mol. The van der Waals surface area contributed by atoms with Crippen molar-refractivity contribution in [1.29, 1.82) is 11.1 Å². The van der Waals surface area contributed by atoms with Crippen LogP contribution < -0.4 is 10.6 Å². The highest BCUT2D eigenvalue weighted by Gasteiger charge is 2.36. The van der Waals surface area contributed by atoms with Gasteiger partial charge in [-0.15, -0.1) is 12.4 Å². The lowest BCUT2D eigenvalue weighted by Crippen LogP contribution is -2.22. The van der Waals surface area contributed by atoms with E-state index >= 15 is 0 Å². The van der Waals surface area contributed by atoms with Crippen molar-refractivity contribution >= 4 is 52.9 Å². The van der Waals surface area contributed by atoms with Crippen molar-refractivity contribution in [3.05, 3.63) is 106 Å². The van der Waals surface area contributed by atoms with E-state index in [2.05, 4.69) is 101 Å². The Bertz CT molecular complexity index is 2690. The largest absolute Gasteiger partial charge is 0.434 e. The standard InChI is InChI=1S/C29H45F3N6O2Si2.C17H17F3N6.C2H6O.ClH.H2N4/c1-8-33-17-24-15-23(16-34-18-24)9-10-25-19-38(22-40-12-14-42(5,6)7)36-27(25)28-35-26(29(30,31)32)20-37(28)21-39-11-13-41(2,3)4;1-2-21-7-12-5-11(6-22-8-12)3-4-13-9-24-26-15(13)16-23-10-14(25-16)17(18,19)20;1-2-3;;1-3-4-2/h9-10,15-16,18-20,33H,8,11-14,17,21-22H2,1-7H3;3-6,8-10,21H,2,7H2,1H3,(H,23,25)(H,24,26);3H,2H2,1H3;1H;1-2H/b10-9+;4-3+;;;. The number of aliphatic hydroxyl groups is 1. The van der Waals surface area contributed by atoms with Crippen LogP contribution in [0.5, 0.6) is 0 Å². The molecule has 0 radical (unpaired) electrons. The minimum Gasteiger partial charge on any atom is -0.397 e. The number of imidazole rings is 2. The number of nitrogens with one attached hydrogen (secondary N) is 6. The monoisotopic (exact) mass is 1120 g/mol. The first-order chi connectivity index (χ1) is 35.4. The molecule has 0 aliphatic rings. The van der Waals surface area contributed by atoms with E-state index in [-0.39, 0.29) is 44.1 Å². The molecule has 0 bridgehead atoms. The molecule has 0 aromatic carbocycles. The molecule has 19 nitrogen and oxygen atoms in total. The maximum Gasteiger partial charge on any atom is 0.434 e. The first-order valence-corrected chi connectivity index (χ1v) is 31.4. The molecule has 28 heteroatoms. The molecular formula is C48H71ClF6N16O3Si2. The van der Waals surface area contributed by atoms with Gasteiger partial charge in [-0.2, -0.15) is 47.6 Å². The fourth-order valence-corrected chi connectivity index (χ4v) is 7.74. The van der Waals surface area contributed by atoms with Crippen LogP contribution in [0.15, 0.2) is 72.2 Å². The van der Waals surface area contributed by atoms with Crippen molar-refractivity contribution in [1.82, 2.24) is 60.1 Å². The Hall–Kier alpha value is -6.08. The molecule has 0 unspecified atom stereocenters. The number of aromatic amines is 2. The second kappa shape index (κ2) is 32.5. The van der Waals surface area contributed by atoms with E-state index < -0.39 is 39.9 Å². The number of halogens is 7. The summed E-state index contributed by atoms with van der Waals surface area (Å²) in [6.45, 7) is 23.8. The second-order valence-corrected chi connectivity index (χ2v) is 30.2. The van der Waals surface area contributed by atoms with Crippen molar-refractivity contribution < 1.29 is 40.9 Å². The molecule has 6 aromatic rings. The summed E-state index contributed by atoms with van der Waals surface area (Å²) in [4.78, 5) is 18.6. The van der Waals surface area contributed by atoms with Crippen LogP contribution in [0.2, 0.25) is 51.4 Å². The third kappa shape index (κ3) is 24.3. The van der Waals surface area contributed by atoms with Gasteiger partial charge in [0.1, 0.15) is 30.5 Å². The van der Waals surface area contributed by atoms with Crippen LogP contribution in [0.25, 0.3) is 47.3 Å². The van der Waals surface area contributed by atoms with Gasteiger partial charge in [-0.1, -0.05) is 77.4 Å². The molecule has 76 heavy (non-hydrogen) atoms. The third-order valence-corrected chi connectivity index (χ3v) is 13.5. The molecule has 7 N–H and O–H groups in total. The summed E-state index contributed by atoms with van der Waals surface area (Å²) >= 11 is 0. The Morgan fingerprint density at radius 1 is 0.724 bits per heavy atom. The van der Waals surface area contributed by atoms with Gasteiger partial charge in [0.15, 0.2) is 17.3 Å². The van der Waals surface area contributed by atoms with Gasteiger partial charge in [-0.05, 0) is 76.9 Å². The van der Waals surface area contributed by atoms with Gasteiger partial charge in [0.25, 0.3) is 0 Å². The van der Waals surface area contributed by atoms with E-state index in [0.29, 0.717) is 42.3 Å². The van der Waals surface area contributed by atoms with Gasteiger partial charge in [-0.25, -0.2) is 14.6 Å². The molecule has 0 aliphatic carbocycles. The summed E-state index contributed by atoms with van der Waals surface area (Å²) in [5.74, 6) is 0.170. The number of hydrogen-bond acceptors (Lipinski definition) is 13. The number of ether oxygens (including phenoxy) is 2. The first kappa shape index (κ1) is 66.0. The van der Waals surface area contributed by atoms with E-state index in [1.165, 1.54) is 10.8 Å². The second-order valence-electron chi connectivity index (χ2n) is 18.9. The minimum absolute atomic E-state index is 0. The number of rotatable bonds is 23. The molecule has 0 fully saturated rings. The lowest BCUT2D eigenvalue weighted by Gasteiger charge is -2.16. The Balaban J connectivity index is 0.000000494. The quantitative estimate of drug-likeness (QED) is 0.0104. The smallest absolute Gasteiger partial charge is 0.397 e. The molecule has 0 amide bonds. The third-order valence-electron chi connectivity index (χ3n) is 10.1. The van der Waals surface area contributed by atoms with Gasteiger partial charge in [0.05, 0.1) is 12.4 Å². The number of aliphatic hydroxyl groups excluding tert-OH is 1. The fourth-order valence-electron chi connectivity index (χ4n) is 6.22. The SMILES string of the molecule is CCNCc1cncc(/C=C/c2cn(COCC[Si](C)(C)C)nc2-c2nc(C(F)(F)F)cn2COCC[Si](C)(C)C)c1.CCNCc1cncc(/C=C/c2cn[nH]c2-c2ncc(C(F)(F)F)[nH]2)c1.CCO.Cl.N=NN=N. The fraction of sp³-hybridized carbons (Fsp3) is 0.458. The maximum atomic E-state index is 13.8. The Morgan fingerprint density at radius 2 is 1.25 bits per heavy atom. The molecule has 0 saturated heterocycles. The van der Waals surface area contributed by atoms with E-state index in [1.807, 2.05) is 44.2 Å². The normalized spacial score (nSPS) is 11.8. The van der Waals surface area contributed by atoms with Crippen LogP contribution >= 0.6 is 12.4 Å². The summed E-state index contributed by atoms with van der Waals surface area (Å²) in [6.07, 6.45) is 10.3. The zero-order valence-corrected chi connectivity index (χ0v) is 47.1. The Labute approximate surface area is 447 Å². The van der Waals surface area contributed by atoms with Gasteiger partial charge in [0.2, 0.25) is 0 Å². The van der Waals surface area contributed by atoms with Gasteiger partial charge in [0, 0.05) is 97.4 Å². The van der Waals surface area contributed by atoms with Crippen LogP contribution in [0.4, 0.5) is 26.3 Å². The van der Waals surface area contributed by atoms with Gasteiger partial charge < -0.3 is 34.8 Å². The molecule has 0 aliphatic heterocycles. The molecule has 418 valence electrons. The number of pyridine rings is 2. The van der Waals surface area contributed by atoms with Crippen molar-refractivity contribution in [2.45, 2.75) is 111 Å². The van der Waals surface area contributed by atoms with Crippen LogP contribution in [0, 0.1) is 11.1 Å². The summed E-state index contributed by atoms with van der Waals surface area (Å²) in [6, 6.07) is 5.91. The van der Waals surface area contributed by atoms with E-state index in [0.717, 1.165) is 66.4 Å². The summed E-state index contributed by atoms with van der Waals surface area (Å²) in [5.41, 5.74) is 15.3. The zero-order valence-electron chi connectivity index (χ0n) is 44.3. The van der Waals surface area contributed by atoms with Crippen LogP contribution in [-0.4, -0.2) is 104 Å². The molecular weight excluding hydrogens is 1050 g/mol.